The van der Waals surface area contributed by atoms with E-state index in [-0.39, 0.29) is 27.8 Å². The number of carbonyl (C=O) groups excluding carboxylic acids is 2. The number of thioether (sulfide) groups is 1. The number of halogens is 2. The van der Waals surface area contributed by atoms with Gasteiger partial charge in [-0.1, -0.05) is 39.6 Å². The number of hydrogen-bond acceptors (Lipinski definition) is 13. The van der Waals surface area contributed by atoms with Crippen molar-refractivity contribution in [1.29, 1.82) is 0 Å². The molecule has 19 nitrogen and oxygen atoms in total. The molecule has 2 aliphatic heterocycles. The van der Waals surface area contributed by atoms with Crippen LogP contribution in [0.15, 0.2) is 56.4 Å². The second kappa shape index (κ2) is 16.2. The lowest BCUT2D eigenvalue weighted by molar-refractivity contribution is -0.159. The molecule has 2 aliphatic rings. The van der Waals surface area contributed by atoms with Gasteiger partial charge in [0.2, 0.25) is 11.8 Å². The molecular formula is C31H33Cl2N6O13PS2. The van der Waals surface area contributed by atoms with Crippen LogP contribution in [0.3, 0.4) is 0 Å². The Hall–Kier alpha value is -4.63. The molecule has 4 aromatic rings. The fourth-order valence-electron chi connectivity index (χ4n) is 5.23. The highest BCUT2D eigenvalue weighted by molar-refractivity contribution is 8.01. The molecule has 2 saturated heterocycles. The first-order valence-corrected chi connectivity index (χ1v) is 20.2. The van der Waals surface area contributed by atoms with Crippen molar-refractivity contribution in [3.8, 4) is 11.3 Å². The lowest BCUT2D eigenvalue weighted by atomic mass is 9.95. The van der Waals surface area contributed by atoms with Crippen molar-refractivity contribution in [2.45, 2.75) is 61.7 Å². The molecule has 4 heterocycles. The Morgan fingerprint density at radius 2 is 1.56 bits per heavy atom. The normalized spacial score (nSPS) is 18.5. The SMILES string of the molecule is Cc1noc(NS(=O)(=O)c2ccc(N)cc2)c1C.Cc1onc(-c2c(Cl)cccc2Cl)c1C(=O)N[C@@H]1C(=O)N2[C@@H]1SC(C)(C)[C@@H]2C(=O)O.O=C(O)P(=O)(O)O. The molecule has 0 saturated carbocycles. The summed E-state index contributed by atoms with van der Waals surface area (Å²) in [4.78, 5) is 63.3. The van der Waals surface area contributed by atoms with Gasteiger partial charge in [-0.25, -0.2) is 27.3 Å². The fourth-order valence-corrected chi connectivity index (χ4v) is 8.48. The highest BCUT2D eigenvalue weighted by Crippen LogP contribution is 2.51. The Balaban J connectivity index is 0.000000227. The number of nitrogens with zero attached hydrogens (tertiary/aromatic N) is 3. The lowest BCUT2D eigenvalue weighted by Gasteiger charge is -2.43. The van der Waals surface area contributed by atoms with Crippen molar-refractivity contribution in [1.82, 2.24) is 20.5 Å². The average Bonchev–Trinajstić information content (AvgIpc) is 3.70. The number of aromatic nitrogens is 2. The van der Waals surface area contributed by atoms with Crippen molar-refractivity contribution in [2.75, 3.05) is 10.5 Å². The molecule has 0 spiro atoms. The zero-order chi connectivity index (χ0) is 41.4. The maximum Gasteiger partial charge on any atom is 0.433 e. The number of β-lactam (4-membered cyclic amide) rings is 1. The second-order valence-corrected chi connectivity index (χ2v) is 18.1. The van der Waals surface area contributed by atoms with Gasteiger partial charge in [0.25, 0.3) is 15.9 Å². The number of nitrogen functional groups attached to an aromatic ring is 1. The molecule has 2 amide bonds. The highest BCUT2D eigenvalue weighted by atomic mass is 35.5. The molecule has 0 unspecified atom stereocenters. The van der Waals surface area contributed by atoms with Crippen LogP contribution >= 0.6 is 42.6 Å². The maximum absolute atomic E-state index is 13.1. The number of carboxylic acid groups (broad SMARTS) is 2. The third-order valence-corrected chi connectivity index (χ3v) is 12.1. The van der Waals surface area contributed by atoms with Crippen molar-refractivity contribution < 1.29 is 61.2 Å². The number of fused-ring (bicyclic) bond motifs is 1. The number of anilines is 2. The summed E-state index contributed by atoms with van der Waals surface area (Å²) in [7, 11) is -8.50. The minimum Gasteiger partial charge on any atom is -0.480 e. The van der Waals surface area contributed by atoms with Crippen LogP contribution < -0.4 is 15.8 Å². The summed E-state index contributed by atoms with van der Waals surface area (Å²) in [6.45, 7) is 8.57. The standard InChI is InChI=1S/C19H17Cl2N3O5S.C11H13N3O3S.CH3O5P/c1-7-10(12(23-29-7)11-8(20)5-4-6-9(11)21)15(25)22-13-16(26)24-14(18(27)28)19(2,3)30-17(13)24;1-7-8(2)13-17-11(7)14-18(15,16)10-5-3-9(12)4-6-10;2-1(3)7(4,5)6/h4-6,13-14,17H,1-3H3,(H,22,25)(H,27,28);3-6,14H,12H2,1-2H3;(H,2,3)(H2,4,5,6)/t13-,14+,17-;;/m1../s1. The van der Waals surface area contributed by atoms with Crippen molar-refractivity contribution in [3.63, 3.8) is 0 Å². The van der Waals surface area contributed by atoms with E-state index in [1.54, 1.807) is 52.8 Å². The minimum absolute atomic E-state index is 0.116. The van der Waals surface area contributed by atoms with E-state index in [0.717, 1.165) is 0 Å². The number of aliphatic carboxylic acids is 1. The second-order valence-electron chi connectivity index (χ2n) is 12.3. The van der Waals surface area contributed by atoms with E-state index in [0.29, 0.717) is 32.6 Å². The largest absolute Gasteiger partial charge is 0.480 e. The molecule has 296 valence electrons. The first kappa shape index (κ1) is 43.1. The Morgan fingerprint density at radius 1 is 1.00 bits per heavy atom. The first-order chi connectivity index (χ1) is 25.4. The number of carbonyl (C=O) groups is 4. The van der Waals surface area contributed by atoms with Crippen LogP contribution in [-0.4, -0.2) is 89.3 Å². The summed E-state index contributed by atoms with van der Waals surface area (Å²) in [6.07, 6.45) is 0. The van der Waals surface area contributed by atoms with E-state index < -0.39 is 63.3 Å². The molecular weight excluding hydrogens is 830 g/mol. The van der Waals surface area contributed by atoms with Crippen LogP contribution in [0.5, 0.6) is 0 Å². The van der Waals surface area contributed by atoms with E-state index >= 15 is 0 Å². The van der Waals surface area contributed by atoms with E-state index in [9.17, 15) is 37.3 Å². The molecule has 8 N–H and O–H groups in total. The average molecular weight is 864 g/mol. The minimum atomic E-state index is -4.82. The Bertz CT molecular complexity index is 2290. The number of rotatable bonds is 8. The molecule has 2 aromatic carbocycles. The summed E-state index contributed by atoms with van der Waals surface area (Å²) in [5, 5.41) is 27.5. The molecule has 0 bridgehead atoms. The zero-order valence-corrected chi connectivity index (χ0v) is 33.2. The number of nitrogens with two attached hydrogens (primary N) is 1. The third kappa shape index (κ3) is 9.26. The highest BCUT2D eigenvalue weighted by Gasteiger charge is 2.64. The van der Waals surface area contributed by atoms with Crippen LogP contribution in [0.1, 0.15) is 41.2 Å². The van der Waals surface area contributed by atoms with Gasteiger partial charge in [-0.3, -0.25) is 9.59 Å². The quantitative estimate of drug-likeness (QED) is 0.0716. The molecule has 0 aliphatic carbocycles. The Kier molecular flexibility index (Phi) is 12.7. The zero-order valence-electron chi connectivity index (χ0n) is 29.2. The van der Waals surface area contributed by atoms with Crippen molar-refractivity contribution >= 4 is 87.6 Å². The van der Waals surface area contributed by atoms with E-state index in [4.69, 9.17) is 52.9 Å². The lowest BCUT2D eigenvalue weighted by Crippen LogP contribution is -2.70. The number of nitrogens with one attached hydrogen (secondary N) is 2. The summed E-state index contributed by atoms with van der Waals surface area (Å²) in [5.41, 5.74) is 5.87. The van der Waals surface area contributed by atoms with E-state index in [1.807, 2.05) is 0 Å². The van der Waals surface area contributed by atoms with Gasteiger partial charge in [0.05, 0.1) is 20.6 Å². The van der Waals surface area contributed by atoms with E-state index in [1.165, 1.54) is 40.9 Å². The summed E-state index contributed by atoms with van der Waals surface area (Å²) >= 11 is 13.8. The molecule has 55 heavy (non-hydrogen) atoms. The van der Waals surface area contributed by atoms with Gasteiger partial charge in [0, 0.05) is 21.6 Å². The fraction of sp³-hybridized carbons (Fsp3) is 0.290. The van der Waals surface area contributed by atoms with Gasteiger partial charge in [0.1, 0.15) is 34.5 Å². The van der Waals surface area contributed by atoms with Crippen molar-refractivity contribution in [3.05, 3.63) is 75.1 Å². The summed E-state index contributed by atoms with van der Waals surface area (Å²) in [5.74, 6) is -1.71. The molecule has 3 atom stereocenters. The van der Waals surface area contributed by atoms with Gasteiger partial charge in [0.15, 0.2) is 0 Å². The maximum atomic E-state index is 13.1. The molecule has 0 radical (unpaired) electrons. The number of sulfonamides is 1. The monoisotopic (exact) mass is 862 g/mol. The predicted octanol–water partition coefficient (Wildman–Crippen LogP) is 4.72. The number of aryl methyl sites for hydroxylation is 2. The van der Waals surface area contributed by atoms with Crippen LogP contribution in [-0.2, 0) is 24.2 Å². The molecule has 2 aromatic heterocycles. The van der Waals surface area contributed by atoms with Gasteiger partial charge < -0.3 is 45.0 Å². The summed E-state index contributed by atoms with van der Waals surface area (Å²) < 4.78 is 45.3. The molecule has 24 heteroatoms. The molecule has 6 rings (SSSR count). The molecule has 2 fully saturated rings. The van der Waals surface area contributed by atoms with Gasteiger partial charge >= 0.3 is 19.3 Å². The first-order valence-electron chi connectivity index (χ1n) is 15.4. The number of carboxylic acids is 1. The topological polar surface area (TPSA) is 306 Å². The van der Waals surface area contributed by atoms with Gasteiger partial charge in [-0.2, -0.15) is 0 Å². The van der Waals surface area contributed by atoms with Gasteiger partial charge in [-0.15, -0.1) is 11.8 Å². The third-order valence-electron chi connectivity index (χ3n) is 8.07. The van der Waals surface area contributed by atoms with Crippen LogP contribution in [0, 0.1) is 20.8 Å². The number of amides is 2. The van der Waals surface area contributed by atoms with Crippen LogP contribution in [0.25, 0.3) is 11.3 Å². The number of hydrogen-bond donors (Lipinski definition) is 7. The van der Waals surface area contributed by atoms with Crippen molar-refractivity contribution in [2.24, 2.45) is 0 Å². The Labute approximate surface area is 326 Å². The number of benzene rings is 2. The van der Waals surface area contributed by atoms with E-state index in [2.05, 4.69) is 20.4 Å². The van der Waals surface area contributed by atoms with Gasteiger partial charge in [-0.05, 0) is 71.0 Å². The summed E-state index contributed by atoms with van der Waals surface area (Å²) in [6, 6.07) is 8.99. The smallest absolute Gasteiger partial charge is 0.433 e. The Morgan fingerprint density at radius 3 is 2.05 bits per heavy atom. The van der Waals surface area contributed by atoms with Crippen LogP contribution in [0.2, 0.25) is 10.0 Å². The van der Waals surface area contributed by atoms with Crippen LogP contribution in [0.4, 0.5) is 16.4 Å². The predicted molar refractivity (Wildman–Crippen MR) is 199 cm³/mol.